The molecule has 1 saturated heterocycles. The van der Waals surface area contributed by atoms with Crippen molar-refractivity contribution in [3.05, 3.63) is 58.8 Å². The number of furan rings is 1. The Hall–Kier alpha value is -3.19. The van der Waals surface area contributed by atoms with E-state index in [1.807, 2.05) is 0 Å². The average molecular weight is 425 g/mol. The van der Waals surface area contributed by atoms with Gasteiger partial charge in [-0.05, 0) is 55.0 Å². The molecule has 4 aliphatic rings. The summed E-state index contributed by atoms with van der Waals surface area (Å²) in [6.45, 7) is 0. The Bertz CT molecular complexity index is 1100. The highest BCUT2D eigenvalue weighted by molar-refractivity contribution is 6.33. The number of nitrogens with zero attached hydrogens (tertiary/aromatic N) is 2. The summed E-state index contributed by atoms with van der Waals surface area (Å²) < 4.78 is 5.70. The SMILES string of the molecule is O=C(O)c1cc(-c2ccc(/C=N\N3C(=O)[C@@H]4[C@H](C3=O)[C@H]3C=C[C@H]4CC3)o2)ccc1Cl. The number of rotatable bonds is 4. The maximum Gasteiger partial charge on any atom is 0.337 e. The van der Waals surface area contributed by atoms with Crippen molar-refractivity contribution in [1.29, 1.82) is 0 Å². The van der Waals surface area contributed by atoms with Crippen LogP contribution in [0.25, 0.3) is 11.3 Å². The molecule has 2 aromatic rings. The van der Waals surface area contributed by atoms with E-state index in [-0.39, 0.29) is 46.1 Å². The summed E-state index contributed by atoms with van der Waals surface area (Å²) in [6.07, 6.45) is 7.31. The summed E-state index contributed by atoms with van der Waals surface area (Å²) in [5.74, 6) is -1.28. The number of carbonyl (C=O) groups excluding carboxylic acids is 2. The van der Waals surface area contributed by atoms with Gasteiger partial charge in [0, 0.05) is 5.56 Å². The molecule has 4 atom stereocenters. The molecule has 0 spiro atoms. The van der Waals surface area contributed by atoms with Crippen LogP contribution in [0.15, 0.2) is 52.0 Å². The lowest BCUT2D eigenvalue weighted by Gasteiger charge is -2.37. The number of carboxylic acid groups (broad SMARTS) is 1. The maximum absolute atomic E-state index is 12.8. The fraction of sp³-hybridized carbons (Fsp3) is 0.273. The highest BCUT2D eigenvalue weighted by Gasteiger charge is 2.56. The minimum Gasteiger partial charge on any atom is -0.478 e. The molecule has 3 aliphatic carbocycles. The first-order valence-corrected chi connectivity index (χ1v) is 10.0. The van der Waals surface area contributed by atoms with Gasteiger partial charge in [-0.2, -0.15) is 10.1 Å². The summed E-state index contributed by atoms with van der Waals surface area (Å²) in [5.41, 5.74) is 0.512. The molecule has 1 saturated carbocycles. The van der Waals surface area contributed by atoms with E-state index in [0.717, 1.165) is 17.9 Å². The van der Waals surface area contributed by atoms with Crippen LogP contribution in [0.5, 0.6) is 0 Å². The molecule has 2 bridgehead atoms. The summed E-state index contributed by atoms with van der Waals surface area (Å²) in [4.78, 5) is 36.8. The van der Waals surface area contributed by atoms with Gasteiger partial charge in [-0.15, -0.1) is 0 Å². The number of aromatic carboxylic acids is 1. The van der Waals surface area contributed by atoms with Crippen LogP contribution < -0.4 is 0 Å². The third-order valence-corrected chi connectivity index (χ3v) is 6.47. The third-order valence-electron chi connectivity index (χ3n) is 6.14. The number of hydrogen-bond donors (Lipinski definition) is 1. The highest BCUT2D eigenvalue weighted by Crippen LogP contribution is 2.49. The quantitative estimate of drug-likeness (QED) is 0.456. The van der Waals surface area contributed by atoms with Gasteiger partial charge in [-0.3, -0.25) is 9.59 Å². The molecule has 8 heteroatoms. The van der Waals surface area contributed by atoms with E-state index < -0.39 is 5.97 Å². The standard InChI is InChI=1S/C22H17ClN2O5/c23-16-7-5-13(9-15(16)22(28)29)17-8-6-14(30-17)10-24-25-20(26)18-11-1-2-12(4-3-11)19(18)21(25)27/h1-2,5-12,18-19H,3-4H2,(H,28,29)/b24-10-/t11-,12-,18-,19+/m0/s1. The Balaban J connectivity index is 1.37. The number of carbonyl (C=O) groups is 3. The van der Waals surface area contributed by atoms with Crippen LogP contribution in [0.3, 0.4) is 0 Å². The van der Waals surface area contributed by atoms with Crippen molar-refractivity contribution in [2.45, 2.75) is 12.8 Å². The lowest BCUT2D eigenvalue weighted by Crippen LogP contribution is -2.38. The van der Waals surface area contributed by atoms with E-state index in [2.05, 4.69) is 17.3 Å². The van der Waals surface area contributed by atoms with Gasteiger partial charge in [0.15, 0.2) is 0 Å². The number of halogens is 1. The van der Waals surface area contributed by atoms with Crippen LogP contribution in [0, 0.1) is 23.7 Å². The van der Waals surface area contributed by atoms with Crippen molar-refractivity contribution < 1.29 is 23.9 Å². The van der Waals surface area contributed by atoms with E-state index in [1.165, 1.54) is 18.3 Å². The number of hydrazone groups is 1. The van der Waals surface area contributed by atoms with Gasteiger partial charge in [0.25, 0.3) is 11.8 Å². The third kappa shape index (κ3) is 2.89. The van der Waals surface area contributed by atoms with E-state index in [9.17, 15) is 19.5 Å². The summed E-state index contributed by atoms with van der Waals surface area (Å²) >= 11 is 5.90. The first-order chi connectivity index (χ1) is 14.4. The molecule has 1 aromatic carbocycles. The molecule has 6 rings (SSSR count). The molecule has 0 unspecified atom stereocenters. The predicted octanol–water partition coefficient (Wildman–Crippen LogP) is 3.83. The number of fused-ring (bicyclic) bond motifs is 1. The van der Waals surface area contributed by atoms with E-state index in [1.54, 1.807) is 18.2 Å². The fourth-order valence-electron chi connectivity index (χ4n) is 4.71. The Morgan fingerprint density at radius 3 is 2.37 bits per heavy atom. The summed E-state index contributed by atoms with van der Waals surface area (Å²) in [6, 6.07) is 7.86. The van der Waals surface area contributed by atoms with E-state index in [0.29, 0.717) is 17.1 Å². The number of allylic oxidation sites excluding steroid dienone is 2. The van der Waals surface area contributed by atoms with Crippen molar-refractivity contribution >= 4 is 35.6 Å². The van der Waals surface area contributed by atoms with Crippen LogP contribution in [0.1, 0.15) is 29.0 Å². The molecular formula is C22H17ClN2O5. The van der Waals surface area contributed by atoms with Crippen molar-refractivity contribution in [2.24, 2.45) is 28.8 Å². The Labute approximate surface area is 176 Å². The number of carboxylic acids is 1. The average Bonchev–Trinajstić information content (AvgIpc) is 3.32. The number of amides is 2. The predicted molar refractivity (Wildman–Crippen MR) is 108 cm³/mol. The van der Waals surface area contributed by atoms with Crippen molar-refractivity contribution in [2.75, 3.05) is 0 Å². The summed E-state index contributed by atoms with van der Waals surface area (Å²) in [5, 5.41) is 14.4. The van der Waals surface area contributed by atoms with E-state index in [4.69, 9.17) is 16.0 Å². The molecule has 1 N–H and O–H groups in total. The molecule has 2 heterocycles. The van der Waals surface area contributed by atoms with Crippen molar-refractivity contribution in [3.8, 4) is 11.3 Å². The van der Waals surface area contributed by atoms with Crippen LogP contribution in [0.4, 0.5) is 0 Å². The van der Waals surface area contributed by atoms with Crippen molar-refractivity contribution in [3.63, 3.8) is 0 Å². The normalized spacial score (nSPS) is 27.3. The van der Waals surface area contributed by atoms with Gasteiger partial charge in [0.2, 0.25) is 0 Å². The van der Waals surface area contributed by atoms with Gasteiger partial charge < -0.3 is 9.52 Å². The maximum atomic E-state index is 12.8. The Morgan fingerprint density at radius 2 is 1.77 bits per heavy atom. The topological polar surface area (TPSA) is 100 Å². The number of hydrogen-bond acceptors (Lipinski definition) is 5. The van der Waals surface area contributed by atoms with Crippen molar-refractivity contribution in [1.82, 2.24) is 5.01 Å². The molecule has 7 nitrogen and oxygen atoms in total. The molecule has 2 amide bonds. The fourth-order valence-corrected chi connectivity index (χ4v) is 4.91. The Morgan fingerprint density at radius 1 is 1.10 bits per heavy atom. The lowest BCUT2D eigenvalue weighted by atomic mass is 9.63. The minimum absolute atomic E-state index is 0.0279. The van der Waals surface area contributed by atoms with Crippen LogP contribution in [0.2, 0.25) is 5.02 Å². The second-order valence-electron chi connectivity index (χ2n) is 7.78. The molecule has 0 radical (unpaired) electrons. The van der Waals surface area contributed by atoms with Gasteiger partial charge in [-0.1, -0.05) is 23.8 Å². The molecule has 1 aliphatic heterocycles. The lowest BCUT2D eigenvalue weighted by molar-refractivity contribution is -0.140. The van der Waals surface area contributed by atoms with Gasteiger partial charge in [0.1, 0.15) is 11.5 Å². The monoisotopic (exact) mass is 424 g/mol. The zero-order valence-electron chi connectivity index (χ0n) is 15.7. The second kappa shape index (κ2) is 6.95. The number of benzene rings is 1. The molecule has 2 fully saturated rings. The molecule has 30 heavy (non-hydrogen) atoms. The molecule has 152 valence electrons. The highest BCUT2D eigenvalue weighted by atomic mass is 35.5. The van der Waals surface area contributed by atoms with Crippen LogP contribution in [-0.2, 0) is 9.59 Å². The Kier molecular flexibility index (Phi) is 4.36. The van der Waals surface area contributed by atoms with Gasteiger partial charge >= 0.3 is 5.97 Å². The zero-order chi connectivity index (χ0) is 21.0. The van der Waals surface area contributed by atoms with Gasteiger partial charge in [-0.25, -0.2) is 4.79 Å². The number of imide groups is 1. The van der Waals surface area contributed by atoms with Crippen LogP contribution >= 0.6 is 11.6 Å². The first kappa shape index (κ1) is 18.8. The molecular weight excluding hydrogens is 408 g/mol. The van der Waals surface area contributed by atoms with Gasteiger partial charge in [0.05, 0.1) is 28.6 Å². The smallest absolute Gasteiger partial charge is 0.337 e. The summed E-state index contributed by atoms with van der Waals surface area (Å²) in [7, 11) is 0. The first-order valence-electron chi connectivity index (χ1n) is 9.67. The van der Waals surface area contributed by atoms with Crippen LogP contribution in [-0.4, -0.2) is 34.1 Å². The molecule has 1 aromatic heterocycles. The largest absolute Gasteiger partial charge is 0.478 e. The van der Waals surface area contributed by atoms with E-state index >= 15 is 0 Å². The zero-order valence-corrected chi connectivity index (χ0v) is 16.5. The second-order valence-corrected chi connectivity index (χ2v) is 8.18. The minimum atomic E-state index is -1.13.